The molecule has 5 heteroatoms. The second kappa shape index (κ2) is 7.43. The van der Waals surface area contributed by atoms with Gasteiger partial charge < -0.3 is 14.2 Å². The number of benzene rings is 2. The summed E-state index contributed by atoms with van der Waals surface area (Å²) in [5, 5.41) is 0.705. The van der Waals surface area contributed by atoms with Gasteiger partial charge in [-0.05, 0) is 73.3 Å². The lowest BCUT2D eigenvalue weighted by atomic mass is 10.0. The van der Waals surface area contributed by atoms with Gasteiger partial charge in [0, 0.05) is 10.6 Å². The summed E-state index contributed by atoms with van der Waals surface area (Å²) < 4.78 is 16.2. The molecule has 0 amide bonds. The fraction of sp³-hybridized carbons (Fsp3) is 0.409. The summed E-state index contributed by atoms with van der Waals surface area (Å²) in [7, 11) is 1.31. The smallest absolute Gasteiger partial charge is 0.488 e. The molecule has 0 bridgehead atoms. The van der Waals surface area contributed by atoms with Crippen molar-refractivity contribution in [3.05, 3.63) is 57.6 Å². The first-order valence-electron chi connectivity index (χ1n) is 9.37. The number of carbonyl (C=O) groups is 1. The van der Waals surface area contributed by atoms with E-state index in [4.69, 9.17) is 21.1 Å². The minimum atomic E-state index is -0.721. The number of hydrogen-bond donors (Lipinski definition) is 0. The third-order valence-corrected chi connectivity index (χ3v) is 5.63. The lowest BCUT2D eigenvalue weighted by Gasteiger charge is -2.17. The lowest BCUT2D eigenvalue weighted by molar-refractivity contribution is 0.120. The van der Waals surface area contributed by atoms with Gasteiger partial charge in [0.25, 0.3) is 0 Å². The zero-order valence-electron chi connectivity index (χ0n) is 15.6. The maximum absolute atomic E-state index is 11.6. The molecule has 2 aliphatic carbocycles. The minimum absolute atomic E-state index is 0.331. The molecule has 0 N–H and O–H groups in total. The highest BCUT2D eigenvalue weighted by Gasteiger charge is 2.30. The van der Waals surface area contributed by atoms with Crippen LogP contribution in [0.15, 0.2) is 30.3 Å². The van der Waals surface area contributed by atoms with Crippen molar-refractivity contribution in [2.45, 2.75) is 51.0 Å². The Morgan fingerprint density at radius 2 is 1.78 bits per heavy atom. The molecule has 142 valence electrons. The molecule has 0 aliphatic heterocycles. The summed E-state index contributed by atoms with van der Waals surface area (Å²) >= 11 is 6.34. The molecule has 0 atom stereocenters. The van der Waals surface area contributed by atoms with E-state index in [1.54, 1.807) is 6.07 Å². The molecule has 0 heterocycles. The maximum atomic E-state index is 11.6. The van der Waals surface area contributed by atoms with Crippen LogP contribution >= 0.6 is 11.6 Å². The predicted molar refractivity (Wildman–Crippen MR) is 104 cm³/mol. The maximum Gasteiger partial charge on any atom is 0.513 e. The molecule has 2 fully saturated rings. The summed E-state index contributed by atoms with van der Waals surface area (Å²) in [6, 6.07) is 9.82. The number of aryl methyl sites for hydroxylation is 1. The van der Waals surface area contributed by atoms with Gasteiger partial charge in [-0.1, -0.05) is 29.8 Å². The number of methoxy groups -OCH3 is 1. The highest BCUT2D eigenvalue weighted by atomic mass is 35.5. The Hall–Kier alpha value is -2.20. The zero-order valence-corrected chi connectivity index (χ0v) is 16.3. The molecule has 2 aliphatic rings. The van der Waals surface area contributed by atoms with Crippen LogP contribution in [0.2, 0.25) is 5.02 Å². The highest BCUT2D eigenvalue weighted by molar-refractivity contribution is 6.31. The van der Waals surface area contributed by atoms with Crippen molar-refractivity contribution in [3.8, 4) is 11.5 Å². The van der Waals surface area contributed by atoms with Crippen LogP contribution in [0.1, 0.15) is 59.8 Å². The molecule has 2 aromatic rings. The third kappa shape index (κ3) is 4.06. The van der Waals surface area contributed by atoms with Gasteiger partial charge in [-0.2, -0.15) is 0 Å². The van der Waals surface area contributed by atoms with Crippen molar-refractivity contribution in [1.82, 2.24) is 0 Å². The molecule has 2 saturated carbocycles. The van der Waals surface area contributed by atoms with Gasteiger partial charge >= 0.3 is 6.16 Å². The van der Waals surface area contributed by atoms with E-state index in [0.717, 1.165) is 29.7 Å². The molecule has 0 unspecified atom stereocenters. The van der Waals surface area contributed by atoms with Gasteiger partial charge in [0.2, 0.25) is 0 Å². The van der Waals surface area contributed by atoms with E-state index in [-0.39, 0.29) is 0 Å². The van der Waals surface area contributed by atoms with Gasteiger partial charge in [-0.25, -0.2) is 4.79 Å². The van der Waals surface area contributed by atoms with Crippen molar-refractivity contribution in [2.24, 2.45) is 0 Å². The average molecular weight is 387 g/mol. The second-order valence-corrected chi connectivity index (χ2v) is 7.76. The number of halogens is 1. The van der Waals surface area contributed by atoms with E-state index >= 15 is 0 Å². The van der Waals surface area contributed by atoms with E-state index in [1.165, 1.54) is 31.1 Å². The Morgan fingerprint density at radius 3 is 2.44 bits per heavy atom. The van der Waals surface area contributed by atoms with Gasteiger partial charge in [0.15, 0.2) is 0 Å². The molecule has 2 aromatic carbocycles. The first kappa shape index (κ1) is 18.2. The van der Waals surface area contributed by atoms with Gasteiger partial charge in [0.05, 0.1) is 7.11 Å². The first-order chi connectivity index (χ1) is 13.1. The largest absolute Gasteiger partial charge is 0.513 e. The Bertz CT molecular complexity index is 869. The predicted octanol–water partition coefficient (Wildman–Crippen LogP) is 6.13. The molecule has 0 aromatic heterocycles. The van der Waals surface area contributed by atoms with E-state index in [1.807, 2.05) is 19.1 Å². The van der Waals surface area contributed by atoms with Crippen molar-refractivity contribution in [2.75, 3.05) is 7.11 Å². The van der Waals surface area contributed by atoms with Crippen molar-refractivity contribution in [1.29, 1.82) is 0 Å². The molecule has 0 radical (unpaired) electrons. The Morgan fingerprint density at radius 1 is 1.07 bits per heavy atom. The van der Waals surface area contributed by atoms with Crippen LogP contribution in [0, 0.1) is 6.92 Å². The summed E-state index contributed by atoms with van der Waals surface area (Å²) in [5.41, 5.74) is 4.38. The standard InChI is InChI=1S/C22H23ClO4/c1-13-10-17(15-8-9-15)21(11-19(13)23)26-12-18-16(14-6-7-14)4-3-5-20(18)27-22(24)25-2/h3-5,10-11,14-15H,6-9,12H2,1-2H3. The van der Waals surface area contributed by atoms with Crippen molar-refractivity contribution in [3.63, 3.8) is 0 Å². The van der Waals surface area contributed by atoms with E-state index in [9.17, 15) is 4.79 Å². The molecular weight excluding hydrogens is 364 g/mol. The molecule has 0 spiro atoms. The monoisotopic (exact) mass is 386 g/mol. The van der Waals surface area contributed by atoms with Gasteiger partial charge in [-0.15, -0.1) is 0 Å². The Labute approximate surface area is 164 Å². The Balaban J connectivity index is 1.63. The van der Waals surface area contributed by atoms with Gasteiger partial charge in [-0.3, -0.25) is 0 Å². The highest BCUT2D eigenvalue weighted by Crippen LogP contribution is 2.47. The normalized spacial score (nSPS) is 16.1. The molecular formula is C22H23ClO4. The summed E-state index contributed by atoms with van der Waals surface area (Å²) in [5.74, 6) is 2.38. The fourth-order valence-electron chi connectivity index (χ4n) is 3.41. The number of ether oxygens (including phenoxy) is 3. The number of carbonyl (C=O) groups excluding carboxylic acids is 1. The SMILES string of the molecule is COC(=O)Oc1cccc(C2CC2)c1COc1cc(Cl)c(C)cc1C1CC1. The summed E-state index contributed by atoms with van der Waals surface area (Å²) in [6.07, 6.45) is 3.96. The van der Waals surface area contributed by atoms with Crippen molar-refractivity contribution >= 4 is 17.8 Å². The lowest BCUT2D eigenvalue weighted by Crippen LogP contribution is -2.11. The van der Waals surface area contributed by atoms with E-state index in [2.05, 4.69) is 16.9 Å². The summed E-state index contributed by atoms with van der Waals surface area (Å²) in [6.45, 7) is 2.35. The van der Waals surface area contributed by atoms with Crippen molar-refractivity contribution < 1.29 is 19.0 Å². The average Bonchev–Trinajstić information content (AvgIpc) is 3.55. The van der Waals surface area contributed by atoms with Crippen LogP contribution in [0.4, 0.5) is 4.79 Å². The number of rotatable bonds is 6. The van der Waals surface area contributed by atoms with E-state index in [0.29, 0.717) is 29.2 Å². The quantitative estimate of drug-likeness (QED) is 0.442. The molecule has 0 saturated heterocycles. The first-order valence-corrected chi connectivity index (χ1v) is 9.75. The van der Waals surface area contributed by atoms with Crippen LogP contribution in [0.5, 0.6) is 11.5 Å². The molecule has 4 rings (SSSR count). The zero-order chi connectivity index (χ0) is 19.0. The molecule has 4 nitrogen and oxygen atoms in total. The van der Waals surface area contributed by atoms with E-state index < -0.39 is 6.16 Å². The topological polar surface area (TPSA) is 44.8 Å². The van der Waals surface area contributed by atoms with Crippen LogP contribution in [0.25, 0.3) is 0 Å². The summed E-state index contributed by atoms with van der Waals surface area (Å²) in [4.78, 5) is 11.6. The van der Waals surface area contributed by atoms with Crippen LogP contribution < -0.4 is 9.47 Å². The van der Waals surface area contributed by atoms with Crippen LogP contribution in [-0.4, -0.2) is 13.3 Å². The minimum Gasteiger partial charge on any atom is -0.488 e. The van der Waals surface area contributed by atoms with Crippen LogP contribution in [-0.2, 0) is 11.3 Å². The third-order valence-electron chi connectivity index (χ3n) is 5.23. The fourth-order valence-corrected chi connectivity index (χ4v) is 3.57. The van der Waals surface area contributed by atoms with Gasteiger partial charge in [0.1, 0.15) is 18.1 Å². The second-order valence-electron chi connectivity index (χ2n) is 7.36. The van der Waals surface area contributed by atoms with Crippen LogP contribution in [0.3, 0.4) is 0 Å². The number of hydrogen-bond acceptors (Lipinski definition) is 4. The Kier molecular flexibility index (Phi) is 5.00. The molecule has 27 heavy (non-hydrogen) atoms.